The SMILES string of the molecule is CC(C)CCC[C@@H](S)C1CC[C@H]2[C@H]3CC=C4CC(OCC(O)CN5C(=O)c6ccccc6C5=O)CCC4(C)[C@H]3CCC12C. The molecule has 4 aliphatic carbocycles. The molecule has 3 fully saturated rings. The van der Waals surface area contributed by atoms with Gasteiger partial charge in [-0.25, -0.2) is 0 Å². The van der Waals surface area contributed by atoms with Crippen LogP contribution >= 0.6 is 12.6 Å². The van der Waals surface area contributed by atoms with Gasteiger partial charge < -0.3 is 9.84 Å². The first-order valence-electron chi connectivity index (χ1n) is 17.2. The Balaban J connectivity index is 1.04. The lowest BCUT2D eigenvalue weighted by Gasteiger charge is -2.58. The predicted molar refractivity (Wildman–Crippen MR) is 174 cm³/mol. The van der Waals surface area contributed by atoms with Gasteiger partial charge in [0.15, 0.2) is 0 Å². The molecule has 0 bridgehead atoms. The van der Waals surface area contributed by atoms with E-state index in [4.69, 9.17) is 17.4 Å². The lowest BCUT2D eigenvalue weighted by Crippen LogP contribution is -2.51. The molecule has 5 nitrogen and oxygen atoms in total. The van der Waals surface area contributed by atoms with Crippen LogP contribution in [0.25, 0.3) is 0 Å². The number of fused-ring (bicyclic) bond motifs is 6. The van der Waals surface area contributed by atoms with Crippen LogP contribution in [0, 0.1) is 40.4 Å². The number of allylic oxidation sites excluding steroid dienone is 1. The average molecular weight is 608 g/mol. The van der Waals surface area contributed by atoms with E-state index in [9.17, 15) is 14.7 Å². The third kappa shape index (κ3) is 5.67. The van der Waals surface area contributed by atoms with Crippen LogP contribution in [-0.2, 0) is 4.74 Å². The van der Waals surface area contributed by atoms with E-state index in [1.54, 1.807) is 29.8 Å². The van der Waals surface area contributed by atoms with E-state index in [1.165, 1.54) is 51.4 Å². The fourth-order valence-corrected chi connectivity index (χ4v) is 11.0. The Hall–Kier alpha value is -1.63. The Morgan fingerprint density at radius 1 is 1.00 bits per heavy atom. The standard InChI is InChI=1S/C37H53NO4S/c1-23(2)8-7-11-33(43)32-15-14-30-29-13-12-24-20-26(16-18-36(24,3)31(29)17-19-37(30,32)4)42-22-25(39)21-38-34(40)27-9-5-6-10-28(27)35(38)41/h5-6,9-10,12,23,25-26,29-33,39,43H,7-8,11,13-22H2,1-4H3/t25?,26?,29-,30+,31+,32?,33-,36?,37?/m1/s1. The zero-order valence-corrected chi connectivity index (χ0v) is 27.7. The molecule has 9 atom stereocenters. The highest BCUT2D eigenvalue weighted by molar-refractivity contribution is 7.81. The largest absolute Gasteiger partial charge is 0.389 e. The molecule has 5 aliphatic rings. The van der Waals surface area contributed by atoms with Crippen molar-refractivity contribution in [3.8, 4) is 0 Å². The Morgan fingerprint density at radius 3 is 2.42 bits per heavy atom. The number of ether oxygens (including phenoxy) is 1. The summed E-state index contributed by atoms with van der Waals surface area (Å²) >= 11 is 5.23. The first-order chi connectivity index (χ1) is 20.5. The van der Waals surface area contributed by atoms with Crippen molar-refractivity contribution < 1.29 is 19.4 Å². The predicted octanol–water partition coefficient (Wildman–Crippen LogP) is 7.73. The van der Waals surface area contributed by atoms with E-state index in [1.807, 2.05) is 0 Å². The summed E-state index contributed by atoms with van der Waals surface area (Å²) in [5, 5.41) is 11.3. The quantitative estimate of drug-likeness (QED) is 0.162. The second-order valence-corrected chi connectivity index (χ2v) is 16.2. The molecule has 1 aromatic carbocycles. The van der Waals surface area contributed by atoms with Crippen molar-refractivity contribution in [3.63, 3.8) is 0 Å². The van der Waals surface area contributed by atoms with Crippen LogP contribution in [0.2, 0.25) is 0 Å². The maximum atomic E-state index is 12.7. The van der Waals surface area contributed by atoms with Crippen molar-refractivity contribution >= 4 is 24.4 Å². The summed E-state index contributed by atoms with van der Waals surface area (Å²) in [6.45, 7) is 9.92. The number of β-amino-alcohol motifs (C(OH)–C–C–N with tert-alkyl or cyclic N) is 1. The molecule has 1 aromatic rings. The van der Waals surface area contributed by atoms with Crippen molar-refractivity contribution in [1.82, 2.24) is 4.90 Å². The van der Waals surface area contributed by atoms with E-state index < -0.39 is 6.10 Å². The minimum absolute atomic E-state index is 0.0325. The molecular weight excluding hydrogens is 554 g/mol. The van der Waals surface area contributed by atoms with Gasteiger partial charge in [-0.15, -0.1) is 0 Å². The molecule has 0 saturated heterocycles. The molecule has 6 heteroatoms. The number of benzene rings is 1. The van der Waals surface area contributed by atoms with E-state index in [0.29, 0.717) is 21.8 Å². The first kappa shape index (κ1) is 31.4. The van der Waals surface area contributed by atoms with Gasteiger partial charge in [0, 0.05) is 5.25 Å². The smallest absolute Gasteiger partial charge is 0.261 e. The van der Waals surface area contributed by atoms with Gasteiger partial charge in [-0.05, 0) is 110 Å². The van der Waals surface area contributed by atoms with Crippen LogP contribution in [0.3, 0.4) is 0 Å². The van der Waals surface area contributed by atoms with Crippen LogP contribution < -0.4 is 0 Å². The molecule has 43 heavy (non-hydrogen) atoms. The number of carbonyl (C=O) groups is 2. The van der Waals surface area contributed by atoms with Gasteiger partial charge in [0.2, 0.25) is 0 Å². The number of carbonyl (C=O) groups excluding carboxylic acids is 2. The minimum Gasteiger partial charge on any atom is -0.389 e. The van der Waals surface area contributed by atoms with E-state index in [0.717, 1.165) is 53.8 Å². The van der Waals surface area contributed by atoms with Gasteiger partial charge in [0.1, 0.15) is 0 Å². The summed E-state index contributed by atoms with van der Waals surface area (Å²) in [6, 6.07) is 6.86. The maximum absolute atomic E-state index is 12.7. The van der Waals surface area contributed by atoms with E-state index >= 15 is 0 Å². The van der Waals surface area contributed by atoms with Crippen molar-refractivity contribution in [2.24, 2.45) is 40.4 Å². The summed E-state index contributed by atoms with van der Waals surface area (Å²) in [6.07, 6.45) is 15.3. The average Bonchev–Trinajstić information content (AvgIpc) is 3.45. The van der Waals surface area contributed by atoms with Crippen LogP contribution in [0.1, 0.15) is 119 Å². The number of nitrogens with zero attached hydrogens (tertiary/aromatic N) is 1. The molecule has 236 valence electrons. The molecule has 0 aromatic heterocycles. The van der Waals surface area contributed by atoms with Crippen LogP contribution in [0.15, 0.2) is 35.9 Å². The van der Waals surface area contributed by atoms with Gasteiger partial charge in [-0.1, -0.05) is 64.3 Å². The number of rotatable bonds is 10. The van der Waals surface area contributed by atoms with Crippen molar-refractivity contribution in [2.45, 2.75) is 116 Å². The van der Waals surface area contributed by atoms with Gasteiger partial charge in [-0.3, -0.25) is 14.5 Å². The molecule has 5 unspecified atom stereocenters. The normalized spacial score (nSPS) is 36.6. The number of amides is 2. The Labute approximate surface area is 264 Å². The zero-order chi connectivity index (χ0) is 30.5. The van der Waals surface area contributed by atoms with E-state index in [-0.39, 0.29) is 36.5 Å². The third-order valence-electron chi connectivity index (χ3n) is 12.7. The fourth-order valence-electron chi connectivity index (χ4n) is 10.3. The van der Waals surface area contributed by atoms with Crippen LogP contribution in [0.4, 0.5) is 0 Å². The Bertz CT molecular complexity index is 1210. The van der Waals surface area contributed by atoms with E-state index in [2.05, 4.69) is 33.8 Å². The molecule has 3 saturated carbocycles. The third-order valence-corrected chi connectivity index (χ3v) is 13.3. The summed E-state index contributed by atoms with van der Waals surface area (Å²) < 4.78 is 6.26. The Kier molecular flexibility index (Phi) is 8.96. The molecule has 0 radical (unpaired) electrons. The number of hydrogen-bond acceptors (Lipinski definition) is 5. The number of thiol groups is 1. The van der Waals surface area contributed by atoms with Crippen LogP contribution in [-0.4, -0.2) is 52.4 Å². The Morgan fingerprint density at radius 2 is 1.72 bits per heavy atom. The maximum Gasteiger partial charge on any atom is 0.261 e. The highest BCUT2D eigenvalue weighted by Crippen LogP contribution is 2.67. The number of aliphatic hydroxyl groups excluding tert-OH is 1. The van der Waals surface area contributed by atoms with Gasteiger partial charge in [-0.2, -0.15) is 12.6 Å². The molecular formula is C37H53NO4S. The number of aliphatic hydroxyl groups is 1. The van der Waals surface area contributed by atoms with Crippen molar-refractivity contribution in [2.75, 3.05) is 13.2 Å². The fraction of sp³-hybridized carbons (Fsp3) is 0.730. The highest BCUT2D eigenvalue weighted by atomic mass is 32.1. The molecule has 2 amide bonds. The molecule has 1 aliphatic heterocycles. The lowest BCUT2D eigenvalue weighted by atomic mass is 9.47. The van der Waals surface area contributed by atoms with Gasteiger partial charge in [0.25, 0.3) is 11.8 Å². The second kappa shape index (κ2) is 12.3. The summed E-state index contributed by atoms with van der Waals surface area (Å²) in [4.78, 5) is 26.6. The van der Waals surface area contributed by atoms with Crippen LogP contribution in [0.5, 0.6) is 0 Å². The van der Waals surface area contributed by atoms with Gasteiger partial charge in [0.05, 0.1) is 36.5 Å². The highest BCUT2D eigenvalue weighted by Gasteiger charge is 2.59. The molecule has 0 spiro atoms. The first-order valence-corrected chi connectivity index (χ1v) is 17.7. The lowest BCUT2D eigenvalue weighted by molar-refractivity contribution is -0.0680. The minimum atomic E-state index is -0.896. The summed E-state index contributed by atoms with van der Waals surface area (Å²) in [5.74, 6) is 3.23. The number of hydrogen-bond donors (Lipinski definition) is 2. The summed E-state index contributed by atoms with van der Waals surface area (Å²) in [7, 11) is 0. The second-order valence-electron chi connectivity index (χ2n) is 15.5. The van der Waals surface area contributed by atoms with Crippen molar-refractivity contribution in [1.29, 1.82) is 0 Å². The summed E-state index contributed by atoms with van der Waals surface area (Å²) in [5.41, 5.74) is 3.08. The van der Waals surface area contributed by atoms with Crippen molar-refractivity contribution in [3.05, 3.63) is 47.0 Å². The molecule has 6 rings (SSSR count). The molecule has 1 heterocycles. The van der Waals surface area contributed by atoms with Gasteiger partial charge >= 0.3 is 0 Å². The zero-order valence-electron chi connectivity index (χ0n) is 26.8. The molecule has 1 N–H and O–H groups in total. The monoisotopic (exact) mass is 607 g/mol. The number of imide groups is 1. The topological polar surface area (TPSA) is 66.8 Å².